The molecule has 1 atom stereocenters. The molecule has 0 radical (unpaired) electrons. The van der Waals surface area contributed by atoms with E-state index in [-0.39, 0.29) is 0 Å². The summed E-state index contributed by atoms with van der Waals surface area (Å²) in [5.41, 5.74) is 3.93. The molecule has 1 unspecified atom stereocenters. The maximum absolute atomic E-state index is 2.39. The Kier molecular flexibility index (Phi) is 6.30. The van der Waals surface area contributed by atoms with Crippen molar-refractivity contribution in [2.75, 3.05) is 0 Å². The first-order valence-corrected chi connectivity index (χ1v) is 16.7. The number of hydrogen-bond donors (Lipinski definition) is 0. The number of rotatable bonds is 10. The molecule has 2 aliphatic carbocycles. The Hall–Kier alpha value is 0.539. The molecule has 2 aliphatic rings. The molecular formula is C18H34Sn. The zero-order valence-corrected chi connectivity index (χ0v) is 16.4. The molecule has 0 aromatic rings. The Bertz CT molecular complexity index is 288. The molecule has 110 valence electrons. The molecule has 0 saturated heterocycles. The molecule has 2 rings (SSSR count). The van der Waals surface area contributed by atoms with Crippen molar-refractivity contribution >= 4 is 18.4 Å². The third-order valence-corrected chi connectivity index (χ3v) is 22.8. The van der Waals surface area contributed by atoms with Gasteiger partial charge in [-0.1, -0.05) is 0 Å². The minimum atomic E-state index is -1.82. The zero-order valence-electron chi connectivity index (χ0n) is 13.6. The van der Waals surface area contributed by atoms with Gasteiger partial charge in [0.15, 0.2) is 0 Å². The fourth-order valence-corrected chi connectivity index (χ4v) is 22.7. The Morgan fingerprint density at radius 3 is 1.68 bits per heavy atom. The van der Waals surface area contributed by atoms with Gasteiger partial charge < -0.3 is 0 Å². The van der Waals surface area contributed by atoms with Crippen LogP contribution in [-0.2, 0) is 0 Å². The monoisotopic (exact) mass is 370 g/mol. The van der Waals surface area contributed by atoms with E-state index in [1.165, 1.54) is 36.0 Å². The van der Waals surface area contributed by atoms with E-state index in [2.05, 4.69) is 20.8 Å². The fourth-order valence-electron chi connectivity index (χ4n) is 4.01. The van der Waals surface area contributed by atoms with Crippen LogP contribution in [0.15, 0.2) is 11.1 Å². The second-order valence-electron chi connectivity index (χ2n) is 7.06. The van der Waals surface area contributed by atoms with Crippen LogP contribution in [0.25, 0.3) is 0 Å². The van der Waals surface area contributed by atoms with E-state index in [1.54, 1.807) is 39.0 Å². The average molecular weight is 369 g/mol. The van der Waals surface area contributed by atoms with Crippen molar-refractivity contribution in [2.45, 2.75) is 95.8 Å². The molecule has 2 fully saturated rings. The summed E-state index contributed by atoms with van der Waals surface area (Å²) < 4.78 is 6.36. The van der Waals surface area contributed by atoms with E-state index < -0.39 is 18.4 Å². The van der Waals surface area contributed by atoms with E-state index in [4.69, 9.17) is 0 Å². The maximum atomic E-state index is 2.39. The SMILES string of the molecule is CCC[CH2][Sn]([CH2]CCC)([CH2]CCC)[CH]1CC1=C1CC1. The van der Waals surface area contributed by atoms with Crippen LogP contribution in [0.3, 0.4) is 0 Å². The van der Waals surface area contributed by atoms with E-state index in [0.29, 0.717) is 0 Å². The quantitative estimate of drug-likeness (QED) is 0.297. The van der Waals surface area contributed by atoms with E-state index in [0.717, 1.165) is 0 Å². The summed E-state index contributed by atoms with van der Waals surface area (Å²) in [5.74, 6) is 0. The summed E-state index contributed by atoms with van der Waals surface area (Å²) in [7, 11) is 0. The van der Waals surface area contributed by atoms with Gasteiger partial charge in [0.25, 0.3) is 0 Å². The molecular weight excluding hydrogens is 335 g/mol. The van der Waals surface area contributed by atoms with Gasteiger partial charge in [-0.3, -0.25) is 0 Å². The molecule has 0 aromatic heterocycles. The first-order chi connectivity index (χ1) is 9.27. The van der Waals surface area contributed by atoms with Gasteiger partial charge in [-0.05, 0) is 0 Å². The molecule has 0 N–H and O–H groups in total. The molecule has 2 saturated carbocycles. The van der Waals surface area contributed by atoms with Crippen LogP contribution >= 0.6 is 0 Å². The molecule has 0 spiro atoms. The predicted octanol–water partition coefficient (Wildman–Crippen LogP) is 6.70. The van der Waals surface area contributed by atoms with Gasteiger partial charge in [0.1, 0.15) is 0 Å². The summed E-state index contributed by atoms with van der Waals surface area (Å²) in [4.78, 5) is 0. The number of allylic oxidation sites excluding steroid dienone is 2. The van der Waals surface area contributed by atoms with Crippen LogP contribution in [0, 0.1) is 0 Å². The molecule has 1 heteroatoms. The Morgan fingerprint density at radius 2 is 1.32 bits per heavy atom. The van der Waals surface area contributed by atoms with Crippen molar-refractivity contribution in [2.24, 2.45) is 0 Å². The zero-order chi connectivity index (χ0) is 13.7. The van der Waals surface area contributed by atoms with Gasteiger partial charge in [-0.15, -0.1) is 0 Å². The summed E-state index contributed by atoms with van der Waals surface area (Å²) in [6.45, 7) is 7.18. The third kappa shape index (κ3) is 4.25. The Morgan fingerprint density at radius 1 is 0.842 bits per heavy atom. The van der Waals surface area contributed by atoms with E-state index in [9.17, 15) is 0 Å². The second kappa shape index (κ2) is 7.52. The molecule has 0 amide bonds. The van der Waals surface area contributed by atoms with Crippen molar-refractivity contribution in [3.05, 3.63) is 11.1 Å². The standard InChI is InChI=1S/C6H7.3C4H9.Sn/c1-2-5(1)6-3-4-6;3*1-3-4-2;/h1H,2-4H2;3*1,3-4H2,2H3;. The van der Waals surface area contributed by atoms with Crippen LogP contribution in [0.5, 0.6) is 0 Å². The molecule has 0 bridgehead atoms. The van der Waals surface area contributed by atoms with Crippen molar-refractivity contribution in [1.29, 1.82) is 0 Å². The van der Waals surface area contributed by atoms with Gasteiger partial charge in [0.05, 0.1) is 0 Å². The van der Waals surface area contributed by atoms with Crippen LogP contribution < -0.4 is 0 Å². The minimum absolute atomic E-state index is 1.22. The number of unbranched alkanes of at least 4 members (excludes halogenated alkanes) is 3. The van der Waals surface area contributed by atoms with E-state index in [1.807, 2.05) is 11.1 Å². The molecule has 0 nitrogen and oxygen atoms in total. The molecule has 0 heterocycles. The topological polar surface area (TPSA) is 0 Å². The molecule has 19 heavy (non-hydrogen) atoms. The van der Waals surface area contributed by atoms with Crippen LogP contribution in [0.4, 0.5) is 0 Å². The average Bonchev–Trinajstić information content (AvgIpc) is 3.28. The second-order valence-corrected chi connectivity index (χ2v) is 21.1. The third-order valence-electron chi connectivity index (χ3n) is 5.46. The Labute approximate surface area is 125 Å². The summed E-state index contributed by atoms with van der Waals surface area (Å²) in [6, 6.07) is 0. The van der Waals surface area contributed by atoms with Gasteiger partial charge in [-0.25, -0.2) is 0 Å². The van der Waals surface area contributed by atoms with Gasteiger partial charge in [0, 0.05) is 0 Å². The van der Waals surface area contributed by atoms with Crippen LogP contribution in [0.1, 0.15) is 78.6 Å². The first kappa shape index (κ1) is 15.9. The van der Waals surface area contributed by atoms with Gasteiger partial charge in [0.2, 0.25) is 0 Å². The summed E-state index contributed by atoms with van der Waals surface area (Å²) in [5, 5.41) is 0. The molecule has 0 aromatic carbocycles. The van der Waals surface area contributed by atoms with Crippen molar-refractivity contribution in [3.8, 4) is 0 Å². The Balaban J connectivity index is 2.05. The van der Waals surface area contributed by atoms with Crippen LogP contribution in [-0.4, -0.2) is 18.4 Å². The van der Waals surface area contributed by atoms with Gasteiger partial charge >= 0.3 is 125 Å². The van der Waals surface area contributed by atoms with Crippen molar-refractivity contribution in [1.82, 2.24) is 0 Å². The number of hydrogen-bond acceptors (Lipinski definition) is 0. The summed E-state index contributed by atoms with van der Waals surface area (Å²) >= 11 is -1.82. The first-order valence-electron chi connectivity index (χ1n) is 8.98. The summed E-state index contributed by atoms with van der Waals surface area (Å²) in [6.07, 6.45) is 13.4. The van der Waals surface area contributed by atoms with Crippen LogP contribution in [0.2, 0.25) is 17.2 Å². The predicted molar refractivity (Wildman–Crippen MR) is 89.5 cm³/mol. The van der Waals surface area contributed by atoms with E-state index >= 15 is 0 Å². The van der Waals surface area contributed by atoms with Crippen molar-refractivity contribution < 1.29 is 0 Å². The normalized spacial score (nSPS) is 21.9. The fraction of sp³-hybridized carbons (Fsp3) is 0.889. The van der Waals surface area contributed by atoms with Gasteiger partial charge in [-0.2, -0.15) is 0 Å². The molecule has 0 aliphatic heterocycles. The van der Waals surface area contributed by atoms with Crippen molar-refractivity contribution in [3.63, 3.8) is 0 Å².